The zero-order valence-corrected chi connectivity index (χ0v) is 22.0. The molecule has 7 heteroatoms. The van der Waals surface area contributed by atoms with Gasteiger partial charge in [-0.2, -0.15) is 0 Å². The van der Waals surface area contributed by atoms with E-state index in [0.717, 1.165) is 35.2 Å². The maximum Gasteiger partial charge on any atom is 0.264 e. The number of para-hydroxylation sites is 1. The molecular weight excluding hydrogens is 496 g/mol. The number of aryl methyl sites for hydroxylation is 2. The molecule has 5 rings (SSSR count). The molecule has 4 aromatic carbocycles. The summed E-state index contributed by atoms with van der Waals surface area (Å²) in [6.07, 6.45) is 1.64. The lowest BCUT2D eigenvalue weighted by Crippen LogP contribution is -2.35. The Bertz CT molecular complexity index is 1480. The molecule has 0 fully saturated rings. The minimum Gasteiger partial charge on any atom is -0.484 e. The molecule has 0 aliphatic carbocycles. The molecular formula is C31H30N2O4S. The highest BCUT2D eigenvalue weighted by atomic mass is 32.2. The maximum absolute atomic E-state index is 13.5. The molecule has 0 saturated heterocycles. The molecule has 0 radical (unpaired) electrons. The van der Waals surface area contributed by atoms with Crippen molar-refractivity contribution in [3.8, 4) is 5.75 Å². The van der Waals surface area contributed by atoms with E-state index < -0.39 is 10.0 Å². The van der Waals surface area contributed by atoms with E-state index in [1.807, 2.05) is 84.9 Å². The fourth-order valence-corrected chi connectivity index (χ4v) is 6.44. The number of carbonyl (C=O) groups excluding carboxylic acids is 1. The van der Waals surface area contributed by atoms with Crippen LogP contribution in [0.25, 0.3) is 0 Å². The summed E-state index contributed by atoms with van der Waals surface area (Å²) in [4.78, 5) is 13.1. The van der Waals surface area contributed by atoms with Gasteiger partial charge in [-0.3, -0.25) is 9.10 Å². The molecule has 0 spiro atoms. The Hall–Kier alpha value is -4.10. The SMILES string of the molecule is Cc1cc(S(=O)(=O)N2CCCc3ccccc32)ccc1OCC(=O)NC(c1ccccc1)c1ccccc1. The van der Waals surface area contributed by atoms with Crippen molar-refractivity contribution in [1.82, 2.24) is 5.32 Å². The minimum atomic E-state index is -3.72. The highest BCUT2D eigenvalue weighted by molar-refractivity contribution is 7.92. The van der Waals surface area contributed by atoms with Crippen molar-refractivity contribution in [2.45, 2.75) is 30.7 Å². The second-order valence-electron chi connectivity index (χ2n) is 9.35. The van der Waals surface area contributed by atoms with E-state index in [4.69, 9.17) is 4.74 Å². The topological polar surface area (TPSA) is 75.7 Å². The van der Waals surface area contributed by atoms with Crippen LogP contribution in [0.4, 0.5) is 5.69 Å². The number of fused-ring (bicyclic) bond motifs is 1. The molecule has 38 heavy (non-hydrogen) atoms. The van der Waals surface area contributed by atoms with E-state index >= 15 is 0 Å². The summed E-state index contributed by atoms with van der Waals surface area (Å²) in [6.45, 7) is 2.04. The number of hydrogen-bond acceptors (Lipinski definition) is 4. The smallest absolute Gasteiger partial charge is 0.264 e. The third kappa shape index (κ3) is 5.43. The van der Waals surface area contributed by atoms with Crippen molar-refractivity contribution < 1.29 is 17.9 Å². The third-order valence-electron chi connectivity index (χ3n) is 6.73. The first kappa shape index (κ1) is 25.5. The Kier molecular flexibility index (Phi) is 7.47. The highest BCUT2D eigenvalue weighted by Gasteiger charge is 2.29. The van der Waals surface area contributed by atoms with Gasteiger partial charge in [0.05, 0.1) is 16.6 Å². The highest BCUT2D eigenvalue weighted by Crippen LogP contribution is 2.33. The predicted molar refractivity (Wildman–Crippen MR) is 149 cm³/mol. The van der Waals surface area contributed by atoms with E-state index in [-0.39, 0.29) is 23.5 Å². The molecule has 0 bridgehead atoms. The lowest BCUT2D eigenvalue weighted by atomic mass is 9.99. The number of sulfonamides is 1. The summed E-state index contributed by atoms with van der Waals surface area (Å²) >= 11 is 0. The van der Waals surface area contributed by atoms with Crippen molar-refractivity contribution in [2.24, 2.45) is 0 Å². The van der Waals surface area contributed by atoms with Crippen molar-refractivity contribution >= 4 is 21.6 Å². The zero-order valence-electron chi connectivity index (χ0n) is 21.2. The van der Waals surface area contributed by atoms with Gasteiger partial charge in [-0.05, 0) is 66.3 Å². The minimum absolute atomic E-state index is 0.192. The van der Waals surface area contributed by atoms with Gasteiger partial charge < -0.3 is 10.1 Å². The molecule has 4 aromatic rings. The van der Waals surface area contributed by atoms with Crippen LogP contribution in [-0.2, 0) is 21.2 Å². The van der Waals surface area contributed by atoms with E-state index in [9.17, 15) is 13.2 Å². The van der Waals surface area contributed by atoms with Gasteiger partial charge in [0.25, 0.3) is 15.9 Å². The molecule has 194 valence electrons. The summed E-state index contributed by atoms with van der Waals surface area (Å²) in [5, 5.41) is 3.06. The second-order valence-corrected chi connectivity index (χ2v) is 11.2. The predicted octanol–water partition coefficient (Wildman–Crippen LogP) is 5.42. The molecule has 1 heterocycles. The Morgan fingerprint density at radius 1 is 0.895 bits per heavy atom. The van der Waals surface area contributed by atoms with Gasteiger partial charge in [0, 0.05) is 6.54 Å². The summed E-state index contributed by atoms with van der Waals surface area (Å²) in [5.74, 6) is 0.192. The van der Waals surface area contributed by atoms with Crippen LogP contribution >= 0.6 is 0 Å². The third-order valence-corrected chi connectivity index (χ3v) is 8.54. The van der Waals surface area contributed by atoms with Crippen LogP contribution in [0.5, 0.6) is 5.75 Å². The fraction of sp³-hybridized carbons (Fsp3) is 0.194. The molecule has 1 aliphatic rings. The number of rotatable bonds is 8. The Labute approximate surface area is 223 Å². The van der Waals surface area contributed by atoms with Gasteiger partial charge >= 0.3 is 0 Å². The summed E-state index contributed by atoms with van der Waals surface area (Å²) in [5.41, 5.74) is 4.36. The number of benzene rings is 4. The average Bonchev–Trinajstić information content (AvgIpc) is 2.95. The van der Waals surface area contributed by atoms with Crippen LogP contribution in [0.15, 0.2) is 108 Å². The normalized spacial score (nSPS) is 13.2. The van der Waals surface area contributed by atoms with E-state index in [1.54, 1.807) is 25.1 Å². The van der Waals surface area contributed by atoms with Crippen LogP contribution in [-0.4, -0.2) is 27.5 Å². The van der Waals surface area contributed by atoms with E-state index in [2.05, 4.69) is 5.32 Å². The first-order chi connectivity index (χ1) is 18.4. The fourth-order valence-electron chi connectivity index (χ4n) is 4.82. The largest absolute Gasteiger partial charge is 0.484 e. The number of nitrogens with one attached hydrogen (secondary N) is 1. The van der Waals surface area contributed by atoms with Crippen LogP contribution in [0.1, 0.15) is 34.7 Å². The van der Waals surface area contributed by atoms with Gasteiger partial charge in [-0.25, -0.2) is 8.42 Å². The molecule has 0 unspecified atom stereocenters. The standard InChI is InChI=1S/C31H30N2O4S/c1-23-21-27(38(35,36)33-20-10-16-24-11-8-9-17-28(24)33)18-19-29(23)37-22-30(34)32-31(25-12-4-2-5-13-25)26-14-6-3-7-15-26/h2-9,11-15,17-19,21,31H,10,16,20,22H2,1H3,(H,32,34). The number of amides is 1. The van der Waals surface area contributed by atoms with Crippen LogP contribution in [0.3, 0.4) is 0 Å². The van der Waals surface area contributed by atoms with Gasteiger partial charge in [0.15, 0.2) is 6.61 Å². The van der Waals surface area contributed by atoms with Crippen molar-refractivity contribution in [3.05, 3.63) is 125 Å². The molecule has 6 nitrogen and oxygen atoms in total. The molecule has 1 amide bonds. The van der Waals surface area contributed by atoms with E-state index in [0.29, 0.717) is 17.9 Å². The number of nitrogens with zero attached hydrogens (tertiary/aromatic N) is 1. The van der Waals surface area contributed by atoms with Gasteiger partial charge in [0.1, 0.15) is 5.75 Å². The maximum atomic E-state index is 13.5. The first-order valence-corrected chi connectivity index (χ1v) is 14.1. The zero-order chi connectivity index (χ0) is 26.5. The number of hydrogen-bond donors (Lipinski definition) is 1. The van der Waals surface area contributed by atoms with Gasteiger partial charge in [-0.1, -0.05) is 78.9 Å². The summed E-state index contributed by atoms with van der Waals surface area (Å²) < 4.78 is 34.3. The number of ether oxygens (including phenoxy) is 1. The molecule has 1 aliphatic heterocycles. The van der Waals surface area contributed by atoms with Gasteiger partial charge in [-0.15, -0.1) is 0 Å². The molecule has 0 aromatic heterocycles. The van der Waals surface area contributed by atoms with Crippen LogP contribution < -0.4 is 14.4 Å². The quantitative estimate of drug-likeness (QED) is 0.333. The van der Waals surface area contributed by atoms with Crippen molar-refractivity contribution in [1.29, 1.82) is 0 Å². The van der Waals surface area contributed by atoms with E-state index in [1.165, 1.54) is 4.31 Å². The number of carbonyl (C=O) groups is 1. The second kappa shape index (κ2) is 11.1. The summed E-state index contributed by atoms with van der Waals surface area (Å²) in [7, 11) is -3.72. The lowest BCUT2D eigenvalue weighted by molar-refractivity contribution is -0.123. The average molecular weight is 527 g/mol. The van der Waals surface area contributed by atoms with Gasteiger partial charge in [0.2, 0.25) is 0 Å². The van der Waals surface area contributed by atoms with Crippen molar-refractivity contribution in [2.75, 3.05) is 17.5 Å². The van der Waals surface area contributed by atoms with Crippen LogP contribution in [0, 0.1) is 6.92 Å². The Balaban J connectivity index is 1.29. The Morgan fingerprint density at radius 3 is 2.18 bits per heavy atom. The molecule has 0 atom stereocenters. The Morgan fingerprint density at radius 2 is 1.53 bits per heavy atom. The summed E-state index contributed by atoms with van der Waals surface area (Å²) in [6, 6.07) is 31.6. The monoisotopic (exact) mass is 526 g/mol. The first-order valence-electron chi connectivity index (χ1n) is 12.7. The molecule has 1 N–H and O–H groups in total. The lowest BCUT2D eigenvalue weighted by Gasteiger charge is -2.30. The number of anilines is 1. The van der Waals surface area contributed by atoms with Crippen LogP contribution in [0.2, 0.25) is 0 Å². The van der Waals surface area contributed by atoms with Crippen molar-refractivity contribution in [3.63, 3.8) is 0 Å². The molecule has 0 saturated carbocycles.